The van der Waals surface area contributed by atoms with Crippen molar-refractivity contribution in [3.63, 3.8) is 0 Å². The molecule has 0 bridgehead atoms. The first-order valence-corrected chi connectivity index (χ1v) is 21.2. The van der Waals surface area contributed by atoms with Crippen LogP contribution in [-0.4, -0.2) is 4.70 Å². The standard InChI is InChI=1S/C47H74N2/c1-7-13-19-20-21-25-31-45-44(30-24-16-10-4)46(43-36-40(28-22-14-8-2)33-41(37-43)29-23-15-9-3)49(48)47(45)42-34-38(26-17-11-5)32-39(35-42)27-18-12-6/h32-37H,7-31H2,1-6H3. The average Bonchev–Trinajstić information content (AvgIpc) is 3.38. The van der Waals surface area contributed by atoms with Crippen molar-refractivity contribution in [3.8, 4) is 0 Å². The highest BCUT2D eigenvalue weighted by Gasteiger charge is 2.35. The molecule has 0 saturated heterocycles. The van der Waals surface area contributed by atoms with Gasteiger partial charge in [-0.2, -0.15) is 0 Å². The van der Waals surface area contributed by atoms with Gasteiger partial charge in [-0.1, -0.05) is 137 Å². The second kappa shape index (κ2) is 23.8. The molecule has 2 heteroatoms. The first-order chi connectivity index (χ1) is 24.0. The summed E-state index contributed by atoms with van der Waals surface area (Å²) in [6.07, 6.45) is 30.2. The van der Waals surface area contributed by atoms with Crippen LogP contribution in [0.3, 0.4) is 0 Å². The maximum absolute atomic E-state index is 12.6. The fraction of sp³-hybridized carbons (Fsp3) is 0.660. The summed E-state index contributed by atoms with van der Waals surface area (Å²) in [4.78, 5) is 0. The van der Waals surface area contributed by atoms with E-state index in [1.807, 2.05) is 0 Å². The number of benzene rings is 2. The molecule has 0 atom stereocenters. The SMILES string of the molecule is CCCCCCCCC1=C(c2cc(CCCC)cc(CCCC)c2)[N+](=[N-])C(c2cc(CCCCC)cc(CCCCC)c2)=C1CCCCC. The van der Waals surface area contributed by atoms with Gasteiger partial charge in [0.2, 0.25) is 11.4 Å². The summed E-state index contributed by atoms with van der Waals surface area (Å²) in [7, 11) is 0. The maximum atomic E-state index is 12.6. The Morgan fingerprint density at radius 2 is 0.633 bits per heavy atom. The van der Waals surface area contributed by atoms with Crippen LogP contribution in [0.5, 0.6) is 0 Å². The van der Waals surface area contributed by atoms with Gasteiger partial charge < -0.3 is 5.53 Å². The summed E-state index contributed by atoms with van der Waals surface area (Å²) >= 11 is 0. The third kappa shape index (κ3) is 13.3. The van der Waals surface area contributed by atoms with Crippen molar-refractivity contribution in [1.82, 2.24) is 0 Å². The van der Waals surface area contributed by atoms with Crippen LogP contribution in [0, 0.1) is 0 Å². The van der Waals surface area contributed by atoms with E-state index >= 15 is 0 Å². The van der Waals surface area contributed by atoms with Crippen LogP contribution in [-0.2, 0) is 25.7 Å². The van der Waals surface area contributed by atoms with Crippen molar-refractivity contribution in [1.29, 1.82) is 0 Å². The van der Waals surface area contributed by atoms with E-state index in [9.17, 15) is 5.53 Å². The molecule has 0 aromatic heterocycles. The molecular weight excluding hydrogens is 593 g/mol. The van der Waals surface area contributed by atoms with Gasteiger partial charge in [-0.05, 0) is 124 Å². The molecule has 3 rings (SSSR count). The molecule has 1 aliphatic rings. The average molecular weight is 667 g/mol. The number of aryl methyl sites for hydroxylation is 4. The number of allylic oxidation sites excluding steroid dienone is 2. The normalized spacial score (nSPS) is 13.4. The highest BCUT2D eigenvalue weighted by Crippen LogP contribution is 2.45. The van der Waals surface area contributed by atoms with E-state index < -0.39 is 0 Å². The van der Waals surface area contributed by atoms with Crippen molar-refractivity contribution < 1.29 is 4.70 Å². The third-order valence-corrected chi connectivity index (χ3v) is 10.6. The Morgan fingerprint density at radius 1 is 0.347 bits per heavy atom. The highest BCUT2D eigenvalue weighted by molar-refractivity contribution is 5.82. The van der Waals surface area contributed by atoms with Crippen LogP contribution in [0.2, 0.25) is 0 Å². The molecular formula is C47H74N2. The Kier molecular flexibility index (Phi) is 19.9. The fourth-order valence-electron chi connectivity index (χ4n) is 7.71. The highest BCUT2D eigenvalue weighted by atomic mass is 15.2. The molecule has 2 aromatic rings. The molecule has 1 heterocycles. The zero-order chi connectivity index (χ0) is 35.3. The minimum atomic E-state index is 1.04. The van der Waals surface area contributed by atoms with Crippen LogP contribution in [0.4, 0.5) is 0 Å². The van der Waals surface area contributed by atoms with Crippen molar-refractivity contribution in [2.45, 2.75) is 202 Å². The van der Waals surface area contributed by atoms with Crippen molar-refractivity contribution >= 4 is 11.4 Å². The lowest BCUT2D eigenvalue weighted by molar-refractivity contribution is -0.345. The molecule has 0 amide bonds. The Morgan fingerprint density at radius 3 is 1.02 bits per heavy atom. The fourth-order valence-corrected chi connectivity index (χ4v) is 7.71. The summed E-state index contributed by atoms with van der Waals surface area (Å²) in [6, 6.07) is 14.7. The van der Waals surface area contributed by atoms with Gasteiger partial charge in [0.05, 0.1) is 0 Å². The van der Waals surface area contributed by atoms with Gasteiger partial charge in [-0.25, -0.2) is 4.70 Å². The van der Waals surface area contributed by atoms with Crippen molar-refractivity contribution in [3.05, 3.63) is 86.5 Å². The van der Waals surface area contributed by atoms with E-state index in [0.29, 0.717) is 0 Å². The Balaban J connectivity index is 2.19. The Labute approximate surface area is 303 Å². The molecule has 2 aromatic carbocycles. The monoisotopic (exact) mass is 667 g/mol. The predicted octanol–water partition coefficient (Wildman–Crippen LogP) is 15.3. The van der Waals surface area contributed by atoms with Gasteiger partial charge in [0.25, 0.3) is 0 Å². The van der Waals surface area contributed by atoms with Crippen LogP contribution in [0.15, 0.2) is 47.5 Å². The van der Waals surface area contributed by atoms with E-state index in [1.54, 1.807) is 4.70 Å². The van der Waals surface area contributed by atoms with Crippen LogP contribution in [0.25, 0.3) is 16.9 Å². The lowest BCUT2D eigenvalue weighted by atomic mass is 9.89. The maximum Gasteiger partial charge on any atom is 0.211 e. The van der Waals surface area contributed by atoms with Gasteiger partial charge in [0, 0.05) is 22.3 Å². The summed E-state index contributed by atoms with van der Waals surface area (Å²) in [5.41, 5.74) is 25.8. The second-order valence-corrected chi connectivity index (χ2v) is 15.1. The van der Waals surface area contributed by atoms with E-state index in [4.69, 9.17) is 0 Å². The number of unbranched alkanes of at least 4 members (excludes halogenated alkanes) is 13. The van der Waals surface area contributed by atoms with Crippen LogP contribution >= 0.6 is 0 Å². The minimum Gasteiger partial charge on any atom is -0.493 e. The molecule has 272 valence electrons. The smallest absolute Gasteiger partial charge is 0.211 e. The molecule has 0 spiro atoms. The molecule has 2 nitrogen and oxygen atoms in total. The van der Waals surface area contributed by atoms with Gasteiger partial charge in [0.1, 0.15) is 0 Å². The topological polar surface area (TPSA) is 25.3 Å². The van der Waals surface area contributed by atoms with E-state index in [2.05, 4.69) is 77.9 Å². The quantitative estimate of drug-likeness (QED) is 0.0670. The number of rotatable bonds is 27. The third-order valence-electron chi connectivity index (χ3n) is 10.6. The van der Waals surface area contributed by atoms with E-state index in [-0.39, 0.29) is 0 Å². The predicted molar refractivity (Wildman–Crippen MR) is 216 cm³/mol. The van der Waals surface area contributed by atoms with Crippen LogP contribution < -0.4 is 0 Å². The number of hydrogen-bond acceptors (Lipinski definition) is 0. The van der Waals surface area contributed by atoms with Gasteiger partial charge in [0.15, 0.2) is 0 Å². The number of hydrogen-bond donors (Lipinski definition) is 0. The van der Waals surface area contributed by atoms with Crippen LogP contribution in [0.1, 0.15) is 210 Å². The van der Waals surface area contributed by atoms with Crippen molar-refractivity contribution in [2.75, 3.05) is 0 Å². The molecule has 0 fully saturated rings. The summed E-state index contributed by atoms with van der Waals surface area (Å²) < 4.78 is 1.68. The summed E-state index contributed by atoms with van der Waals surface area (Å²) in [5.74, 6) is 0. The van der Waals surface area contributed by atoms with Gasteiger partial charge in [-0.15, -0.1) is 0 Å². The summed E-state index contributed by atoms with van der Waals surface area (Å²) in [6.45, 7) is 13.8. The Bertz CT molecular complexity index is 1270. The minimum absolute atomic E-state index is 1.04. The zero-order valence-electron chi connectivity index (χ0n) is 33.0. The molecule has 0 radical (unpaired) electrons. The van der Waals surface area contributed by atoms with E-state index in [0.717, 1.165) is 49.9 Å². The van der Waals surface area contributed by atoms with Gasteiger partial charge in [-0.3, -0.25) is 0 Å². The molecule has 1 aliphatic heterocycles. The largest absolute Gasteiger partial charge is 0.493 e. The van der Waals surface area contributed by atoms with Crippen molar-refractivity contribution in [2.24, 2.45) is 0 Å². The molecule has 0 N–H and O–H groups in total. The Hall–Kier alpha value is -2.48. The lowest BCUT2D eigenvalue weighted by Crippen LogP contribution is -2.05. The molecule has 0 aliphatic carbocycles. The first-order valence-electron chi connectivity index (χ1n) is 21.2. The lowest BCUT2D eigenvalue weighted by Gasteiger charge is -2.15. The molecule has 0 saturated carbocycles. The second-order valence-electron chi connectivity index (χ2n) is 15.1. The van der Waals surface area contributed by atoms with Gasteiger partial charge >= 0.3 is 0 Å². The summed E-state index contributed by atoms with van der Waals surface area (Å²) in [5, 5.41) is 0. The van der Waals surface area contributed by atoms with E-state index in [1.165, 1.54) is 167 Å². The first kappa shape index (κ1) is 40.9. The molecule has 0 unspecified atom stereocenters. The zero-order valence-corrected chi connectivity index (χ0v) is 33.0. The number of nitrogens with zero attached hydrogens (tertiary/aromatic N) is 2. The molecule has 49 heavy (non-hydrogen) atoms.